The molecule has 2 nitrogen and oxygen atoms in total. The van der Waals surface area contributed by atoms with Gasteiger partial charge in [-0.05, 0) is 67.9 Å². The normalized spacial score (nSPS) is 47.6. The molecule has 0 radical (unpaired) electrons. The Labute approximate surface area is 102 Å². The summed E-state index contributed by atoms with van der Waals surface area (Å²) in [6, 6.07) is 3.93. The number of furan rings is 1. The fourth-order valence-corrected chi connectivity index (χ4v) is 4.98. The van der Waals surface area contributed by atoms with Crippen molar-refractivity contribution in [2.75, 3.05) is 0 Å². The molecule has 1 heterocycles. The van der Waals surface area contributed by atoms with Gasteiger partial charge in [-0.1, -0.05) is 0 Å². The molecule has 4 bridgehead atoms. The monoisotopic (exact) mass is 232 g/mol. The predicted molar refractivity (Wildman–Crippen MR) is 64.4 cm³/mol. The van der Waals surface area contributed by atoms with Crippen LogP contribution in [-0.4, -0.2) is 10.7 Å². The molecule has 4 fully saturated rings. The van der Waals surface area contributed by atoms with E-state index in [9.17, 15) is 5.11 Å². The van der Waals surface area contributed by atoms with Crippen molar-refractivity contribution in [3.8, 4) is 0 Å². The number of aliphatic hydroxyl groups is 1. The third-order valence-electron chi connectivity index (χ3n) is 5.59. The van der Waals surface area contributed by atoms with Crippen molar-refractivity contribution in [1.29, 1.82) is 0 Å². The summed E-state index contributed by atoms with van der Waals surface area (Å²) in [5.74, 6) is 3.84. The van der Waals surface area contributed by atoms with Crippen molar-refractivity contribution in [3.63, 3.8) is 0 Å². The summed E-state index contributed by atoms with van der Waals surface area (Å²) in [6.45, 7) is 0. The molecule has 4 aliphatic carbocycles. The Morgan fingerprint density at radius 3 is 2.29 bits per heavy atom. The number of rotatable bonds is 2. The van der Waals surface area contributed by atoms with E-state index in [-0.39, 0.29) is 0 Å². The minimum Gasteiger partial charge on any atom is -0.469 e. The van der Waals surface area contributed by atoms with Crippen LogP contribution in [0.1, 0.15) is 37.9 Å². The summed E-state index contributed by atoms with van der Waals surface area (Å²) in [7, 11) is 0. The molecule has 0 unspecified atom stereocenters. The molecule has 4 aliphatic rings. The van der Waals surface area contributed by atoms with E-state index in [1.165, 1.54) is 32.1 Å². The molecular weight excluding hydrogens is 212 g/mol. The zero-order chi connectivity index (χ0) is 11.5. The van der Waals surface area contributed by atoms with Crippen LogP contribution in [0.25, 0.3) is 0 Å². The van der Waals surface area contributed by atoms with E-state index < -0.39 is 5.60 Å². The second kappa shape index (κ2) is 3.38. The Bertz CT molecular complexity index is 379. The molecule has 0 atom stereocenters. The van der Waals surface area contributed by atoms with Crippen LogP contribution in [0, 0.1) is 23.7 Å². The first-order valence-electron chi connectivity index (χ1n) is 6.99. The lowest BCUT2D eigenvalue weighted by molar-refractivity contribution is -0.173. The fraction of sp³-hybridized carbons (Fsp3) is 0.733. The van der Waals surface area contributed by atoms with Gasteiger partial charge in [-0.25, -0.2) is 0 Å². The van der Waals surface area contributed by atoms with Crippen molar-refractivity contribution in [2.45, 2.75) is 44.1 Å². The van der Waals surface area contributed by atoms with E-state index in [0.717, 1.165) is 24.0 Å². The Balaban J connectivity index is 1.64. The summed E-state index contributed by atoms with van der Waals surface area (Å²) < 4.78 is 5.44. The molecule has 5 rings (SSSR count). The third-order valence-corrected chi connectivity index (χ3v) is 5.59. The predicted octanol–water partition coefficient (Wildman–Crippen LogP) is 3.01. The van der Waals surface area contributed by atoms with Crippen LogP contribution in [0.4, 0.5) is 0 Å². The highest BCUT2D eigenvalue weighted by atomic mass is 16.3. The molecule has 1 aromatic rings. The van der Waals surface area contributed by atoms with Gasteiger partial charge in [0.2, 0.25) is 0 Å². The van der Waals surface area contributed by atoms with E-state index in [2.05, 4.69) is 0 Å². The zero-order valence-corrected chi connectivity index (χ0v) is 10.1. The lowest BCUT2D eigenvalue weighted by atomic mass is 9.49. The van der Waals surface area contributed by atoms with Gasteiger partial charge in [0.1, 0.15) is 5.76 Å². The highest BCUT2D eigenvalue weighted by Crippen LogP contribution is 2.59. The van der Waals surface area contributed by atoms with Crippen molar-refractivity contribution in [1.82, 2.24) is 0 Å². The molecule has 2 heteroatoms. The largest absolute Gasteiger partial charge is 0.469 e. The van der Waals surface area contributed by atoms with Gasteiger partial charge in [0.05, 0.1) is 11.9 Å². The van der Waals surface area contributed by atoms with Gasteiger partial charge in [0.15, 0.2) is 0 Å². The second-order valence-electron chi connectivity index (χ2n) is 6.55. The van der Waals surface area contributed by atoms with Crippen molar-refractivity contribution in [3.05, 3.63) is 24.2 Å². The van der Waals surface area contributed by atoms with Crippen LogP contribution < -0.4 is 0 Å². The average Bonchev–Trinajstić information content (AvgIpc) is 2.78. The van der Waals surface area contributed by atoms with Crippen LogP contribution in [0.2, 0.25) is 0 Å². The molecule has 1 N–H and O–H groups in total. The molecule has 0 aromatic carbocycles. The van der Waals surface area contributed by atoms with Crippen molar-refractivity contribution >= 4 is 0 Å². The Morgan fingerprint density at radius 2 is 1.76 bits per heavy atom. The zero-order valence-electron chi connectivity index (χ0n) is 10.1. The maximum Gasteiger partial charge on any atom is 0.106 e. The van der Waals surface area contributed by atoms with Crippen molar-refractivity contribution < 1.29 is 9.52 Å². The average molecular weight is 232 g/mol. The summed E-state index contributed by atoms with van der Waals surface area (Å²) in [6.07, 6.45) is 8.90. The maximum absolute atomic E-state index is 11.1. The lowest BCUT2D eigenvalue weighted by Crippen LogP contribution is -2.58. The van der Waals surface area contributed by atoms with E-state index in [4.69, 9.17) is 4.42 Å². The minimum absolute atomic E-state index is 0.467. The molecule has 0 saturated heterocycles. The summed E-state index contributed by atoms with van der Waals surface area (Å²) in [5, 5.41) is 11.1. The quantitative estimate of drug-likeness (QED) is 0.850. The first-order chi connectivity index (χ1) is 8.24. The van der Waals surface area contributed by atoms with Crippen LogP contribution in [0.5, 0.6) is 0 Å². The van der Waals surface area contributed by atoms with Gasteiger partial charge >= 0.3 is 0 Å². The molecule has 92 valence electrons. The highest BCUT2D eigenvalue weighted by Gasteiger charge is 2.56. The van der Waals surface area contributed by atoms with E-state index in [0.29, 0.717) is 11.8 Å². The summed E-state index contributed by atoms with van der Waals surface area (Å²) in [5.41, 5.74) is -0.467. The van der Waals surface area contributed by atoms with Crippen LogP contribution in [-0.2, 0) is 6.42 Å². The van der Waals surface area contributed by atoms with Gasteiger partial charge in [-0.15, -0.1) is 0 Å². The van der Waals surface area contributed by atoms with Gasteiger partial charge in [0, 0.05) is 6.42 Å². The van der Waals surface area contributed by atoms with Crippen LogP contribution in [0.15, 0.2) is 22.8 Å². The molecule has 0 spiro atoms. The first kappa shape index (κ1) is 10.2. The second-order valence-corrected chi connectivity index (χ2v) is 6.55. The van der Waals surface area contributed by atoms with E-state index >= 15 is 0 Å². The van der Waals surface area contributed by atoms with Gasteiger partial charge < -0.3 is 9.52 Å². The van der Waals surface area contributed by atoms with E-state index in [1.54, 1.807) is 6.26 Å². The summed E-state index contributed by atoms with van der Waals surface area (Å²) >= 11 is 0. The van der Waals surface area contributed by atoms with E-state index in [1.807, 2.05) is 12.1 Å². The highest BCUT2D eigenvalue weighted by molar-refractivity contribution is 5.12. The fourth-order valence-electron chi connectivity index (χ4n) is 4.98. The smallest absolute Gasteiger partial charge is 0.106 e. The maximum atomic E-state index is 11.1. The third kappa shape index (κ3) is 1.43. The number of hydrogen-bond acceptors (Lipinski definition) is 2. The topological polar surface area (TPSA) is 33.4 Å². The first-order valence-corrected chi connectivity index (χ1v) is 6.99. The minimum atomic E-state index is -0.467. The van der Waals surface area contributed by atoms with Crippen LogP contribution in [0.3, 0.4) is 0 Å². The Morgan fingerprint density at radius 1 is 1.12 bits per heavy atom. The van der Waals surface area contributed by atoms with Crippen LogP contribution >= 0.6 is 0 Å². The lowest BCUT2D eigenvalue weighted by Gasteiger charge is -2.58. The molecule has 17 heavy (non-hydrogen) atoms. The number of hydrogen-bond donors (Lipinski definition) is 1. The SMILES string of the molecule is OC1(Cc2ccco2)C2CC3CC(C2)CC1C3. The molecular formula is C15H20O2. The molecule has 0 amide bonds. The molecule has 1 aromatic heterocycles. The molecule has 0 aliphatic heterocycles. The molecule has 4 saturated carbocycles. The van der Waals surface area contributed by atoms with Crippen molar-refractivity contribution in [2.24, 2.45) is 23.7 Å². The van der Waals surface area contributed by atoms with Gasteiger partial charge in [-0.2, -0.15) is 0 Å². The van der Waals surface area contributed by atoms with Gasteiger partial charge in [-0.3, -0.25) is 0 Å². The van der Waals surface area contributed by atoms with Gasteiger partial charge in [0.25, 0.3) is 0 Å². The Kier molecular flexibility index (Phi) is 2.03. The summed E-state index contributed by atoms with van der Waals surface area (Å²) in [4.78, 5) is 0. The Hall–Kier alpha value is -0.760. The standard InChI is InChI=1S/C15H20O2/c16-15(9-14-2-1-3-17-14)12-5-10-4-11(7-12)8-13(15)6-10/h1-3,10-13,16H,4-9H2.